The highest BCUT2D eigenvalue weighted by atomic mass is 19.1. The molecule has 5 nitrogen and oxygen atoms in total. The van der Waals surface area contributed by atoms with E-state index in [-0.39, 0.29) is 17.6 Å². The molecule has 1 aromatic carbocycles. The average molecular weight is 347 g/mol. The number of likely N-dealkylation sites (tertiary alicyclic amines) is 1. The molecule has 2 fully saturated rings. The van der Waals surface area contributed by atoms with Gasteiger partial charge in [0.25, 0.3) is 0 Å². The summed E-state index contributed by atoms with van der Waals surface area (Å²) in [5.41, 5.74) is 0.645. The second kappa shape index (κ2) is 8.43. The van der Waals surface area contributed by atoms with Crippen molar-refractivity contribution in [2.24, 2.45) is 5.92 Å². The van der Waals surface area contributed by atoms with E-state index in [0.29, 0.717) is 25.2 Å². The highest BCUT2D eigenvalue weighted by Crippen LogP contribution is 2.25. The highest BCUT2D eigenvalue weighted by molar-refractivity contribution is 6.09. The first-order valence-corrected chi connectivity index (χ1v) is 9.22. The van der Waals surface area contributed by atoms with E-state index in [2.05, 4.69) is 10.2 Å². The van der Waals surface area contributed by atoms with Crippen LogP contribution in [-0.2, 0) is 9.59 Å². The Morgan fingerprint density at radius 1 is 1.12 bits per heavy atom. The van der Waals surface area contributed by atoms with Gasteiger partial charge in [-0.05, 0) is 69.6 Å². The van der Waals surface area contributed by atoms with Gasteiger partial charge in [-0.1, -0.05) is 6.42 Å². The minimum atomic E-state index is -0.625. The van der Waals surface area contributed by atoms with E-state index >= 15 is 0 Å². The highest BCUT2D eigenvalue weighted by Gasteiger charge is 2.37. The molecular weight excluding hydrogens is 321 g/mol. The summed E-state index contributed by atoms with van der Waals surface area (Å²) in [6.45, 7) is 4.41. The van der Waals surface area contributed by atoms with E-state index in [1.165, 1.54) is 31.4 Å². The van der Waals surface area contributed by atoms with E-state index in [0.717, 1.165) is 26.1 Å². The molecular formula is C19H26FN3O2. The fourth-order valence-corrected chi connectivity index (χ4v) is 3.62. The maximum absolute atomic E-state index is 13.0. The molecule has 0 bridgehead atoms. The van der Waals surface area contributed by atoms with Crippen LogP contribution in [0.25, 0.3) is 0 Å². The lowest BCUT2D eigenvalue weighted by Gasteiger charge is -2.26. The fourth-order valence-electron chi connectivity index (χ4n) is 3.62. The topological polar surface area (TPSA) is 52.7 Å². The molecule has 2 aliphatic heterocycles. The molecule has 136 valence electrons. The quantitative estimate of drug-likeness (QED) is 0.634. The Balaban J connectivity index is 1.43. The van der Waals surface area contributed by atoms with Gasteiger partial charge in [0.05, 0.1) is 0 Å². The molecule has 0 aromatic heterocycles. The lowest BCUT2D eigenvalue weighted by molar-refractivity contribution is -0.132. The first kappa shape index (κ1) is 17.9. The van der Waals surface area contributed by atoms with E-state index in [1.54, 1.807) is 17.0 Å². The van der Waals surface area contributed by atoms with Crippen molar-refractivity contribution < 1.29 is 14.0 Å². The third-order valence-electron chi connectivity index (χ3n) is 5.06. The van der Waals surface area contributed by atoms with Crippen molar-refractivity contribution in [3.63, 3.8) is 0 Å². The number of hydrogen-bond donors (Lipinski definition) is 1. The van der Waals surface area contributed by atoms with Crippen LogP contribution in [0, 0.1) is 11.7 Å². The third-order valence-corrected chi connectivity index (χ3v) is 5.06. The number of piperidine rings is 1. The van der Waals surface area contributed by atoms with Gasteiger partial charge < -0.3 is 15.1 Å². The first-order chi connectivity index (χ1) is 12.1. The lowest BCUT2D eigenvalue weighted by atomic mass is 10.1. The summed E-state index contributed by atoms with van der Waals surface area (Å²) in [4.78, 5) is 28.8. The fraction of sp³-hybridized carbons (Fsp3) is 0.579. The Labute approximate surface area is 148 Å². The Bertz CT molecular complexity index is 599. The molecule has 1 unspecified atom stereocenters. The van der Waals surface area contributed by atoms with Crippen LogP contribution in [0.3, 0.4) is 0 Å². The standard InChI is InChI=1S/C19H26FN3O2/c20-15-5-7-16(8-6-15)23-14-9-17(19(23)25)18(24)21-10-4-13-22-11-2-1-3-12-22/h5-8,17H,1-4,9-14H2,(H,21,24). The summed E-state index contributed by atoms with van der Waals surface area (Å²) in [6, 6.07) is 5.81. The monoisotopic (exact) mass is 347 g/mol. The van der Waals surface area contributed by atoms with Gasteiger partial charge in [0.1, 0.15) is 11.7 Å². The largest absolute Gasteiger partial charge is 0.355 e. The molecule has 3 rings (SSSR count). The third kappa shape index (κ3) is 4.57. The zero-order valence-corrected chi connectivity index (χ0v) is 14.5. The van der Waals surface area contributed by atoms with Gasteiger partial charge in [-0.3, -0.25) is 9.59 Å². The number of halogens is 1. The molecule has 0 aliphatic carbocycles. The maximum atomic E-state index is 13.0. The van der Waals surface area contributed by atoms with Crippen LogP contribution in [0.5, 0.6) is 0 Å². The number of hydrogen-bond acceptors (Lipinski definition) is 3. The summed E-state index contributed by atoms with van der Waals surface area (Å²) in [6.07, 6.45) is 5.27. The van der Waals surface area contributed by atoms with Crippen LogP contribution in [0.15, 0.2) is 24.3 Å². The van der Waals surface area contributed by atoms with Gasteiger partial charge in [0, 0.05) is 18.8 Å². The molecule has 25 heavy (non-hydrogen) atoms. The van der Waals surface area contributed by atoms with Crippen molar-refractivity contribution in [3.8, 4) is 0 Å². The van der Waals surface area contributed by atoms with Crippen LogP contribution in [0.4, 0.5) is 10.1 Å². The summed E-state index contributed by atoms with van der Waals surface area (Å²) in [5.74, 6) is -1.34. The number of rotatable bonds is 6. The van der Waals surface area contributed by atoms with Crippen LogP contribution in [0.2, 0.25) is 0 Å². The van der Waals surface area contributed by atoms with Gasteiger partial charge in [-0.15, -0.1) is 0 Å². The second-order valence-electron chi connectivity index (χ2n) is 6.85. The molecule has 1 atom stereocenters. The number of carbonyl (C=O) groups excluding carboxylic acids is 2. The Morgan fingerprint density at radius 3 is 2.56 bits per heavy atom. The predicted octanol–water partition coefficient (Wildman–Crippen LogP) is 2.17. The van der Waals surface area contributed by atoms with Crippen molar-refractivity contribution in [1.29, 1.82) is 0 Å². The predicted molar refractivity (Wildman–Crippen MR) is 94.8 cm³/mol. The van der Waals surface area contributed by atoms with E-state index in [9.17, 15) is 14.0 Å². The molecule has 6 heteroatoms. The van der Waals surface area contributed by atoms with Crippen LogP contribution < -0.4 is 10.2 Å². The molecule has 2 saturated heterocycles. The van der Waals surface area contributed by atoms with Crippen LogP contribution in [0.1, 0.15) is 32.1 Å². The number of carbonyl (C=O) groups is 2. The molecule has 0 radical (unpaired) electrons. The van der Waals surface area contributed by atoms with Crippen LogP contribution >= 0.6 is 0 Å². The number of amides is 2. The molecule has 1 N–H and O–H groups in total. The van der Waals surface area contributed by atoms with Crippen molar-refractivity contribution >= 4 is 17.5 Å². The minimum absolute atomic E-state index is 0.187. The van der Waals surface area contributed by atoms with E-state index in [1.807, 2.05) is 0 Å². The Kier molecular flexibility index (Phi) is 6.02. The van der Waals surface area contributed by atoms with Gasteiger partial charge in [0.2, 0.25) is 11.8 Å². The molecule has 0 spiro atoms. The number of benzene rings is 1. The molecule has 0 saturated carbocycles. The zero-order chi connectivity index (χ0) is 17.6. The van der Waals surface area contributed by atoms with Crippen molar-refractivity contribution in [3.05, 3.63) is 30.1 Å². The smallest absolute Gasteiger partial charge is 0.239 e. The average Bonchev–Trinajstić information content (AvgIpc) is 3.02. The van der Waals surface area contributed by atoms with Gasteiger partial charge in [-0.25, -0.2) is 4.39 Å². The van der Waals surface area contributed by atoms with E-state index < -0.39 is 5.92 Å². The molecule has 2 heterocycles. The second-order valence-corrected chi connectivity index (χ2v) is 6.85. The number of anilines is 1. The summed E-state index contributed by atoms with van der Waals surface area (Å²) in [5, 5.41) is 2.90. The molecule has 2 amide bonds. The Morgan fingerprint density at radius 2 is 1.84 bits per heavy atom. The normalized spacial score (nSPS) is 21.6. The van der Waals surface area contributed by atoms with Crippen molar-refractivity contribution in [2.45, 2.75) is 32.1 Å². The maximum Gasteiger partial charge on any atom is 0.239 e. The SMILES string of the molecule is O=C(NCCCN1CCCCC1)C1CCN(c2ccc(F)cc2)C1=O. The zero-order valence-electron chi connectivity index (χ0n) is 14.5. The Hall–Kier alpha value is -1.95. The summed E-state index contributed by atoms with van der Waals surface area (Å²) in [7, 11) is 0. The van der Waals surface area contributed by atoms with Gasteiger partial charge in [0.15, 0.2) is 0 Å². The van der Waals surface area contributed by atoms with Gasteiger partial charge >= 0.3 is 0 Å². The summed E-state index contributed by atoms with van der Waals surface area (Å²) < 4.78 is 13.0. The van der Waals surface area contributed by atoms with Gasteiger partial charge in [-0.2, -0.15) is 0 Å². The minimum Gasteiger partial charge on any atom is -0.355 e. The first-order valence-electron chi connectivity index (χ1n) is 9.22. The van der Waals surface area contributed by atoms with Crippen LogP contribution in [-0.4, -0.2) is 49.4 Å². The van der Waals surface area contributed by atoms with Crippen molar-refractivity contribution in [1.82, 2.24) is 10.2 Å². The molecule has 1 aromatic rings. The van der Waals surface area contributed by atoms with E-state index in [4.69, 9.17) is 0 Å². The lowest BCUT2D eigenvalue weighted by Crippen LogP contribution is -2.38. The molecule has 2 aliphatic rings. The van der Waals surface area contributed by atoms with Crippen molar-refractivity contribution in [2.75, 3.05) is 37.6 Å². The summed E-state index contributed by atoms with van der Waals surface area (Å²) >= 11 is 0. The number of nitrogens with one attached hydrogen (secondary N) is 1. The number of nitrogens with zero attached hydrogens (tertiary/aromatic N) is 2.